The van der Waals surface area contributed by atoms with E-state index in [1.807, 2.05) is 18.2 Å². The van der Waals surface area contributed by atoms with Crippen LogP contribution in [0.15, 0.2) is 24.3 Å². The van der Waals surface area contributed by atoms with Crippen LogP contribution in [0.4, 0.5) is 0 Å². The molecule has 0 saturated heterocycles. The molecule has 7 N–H and O–H groups in total. The highest BCUT2D eigenvalue weighted by atomic mass is 31.2. The van der Waals surface area contributed by atoms with Crippen LogP contribution in [-0.4, -0.2) is 110 Å². The summed E-state index contributed by atoms with van der Waals surface area (Å²) in [6, 6.07) is 0. The minimum absolute atomic E-state index is 0.0562. The molecule has 60 heavy (non-hydrogen) atoms. The number of phosphoric ester groups is 1. The van der Waals surface area contributed by atoms with Crippen molar-refractivity contribution < 1.29 is 68.2 Å². The zero-order chi connectivity index (χ0) is 44.4. The van der Waals surface area contributed by atoms with Gasteiger partial charge in [-0.3, -0.25) is 18.6 Å². The number of unbranched alkanes of at least 4 members (excludes halogenated alkanes) is 21. The molecule has 0 aromatic rings. The summed E-state index contributed by atoms with van der Waals surface area (Å²) < 4.78 is 33.5. The molecule has 1 saturated carbocycles. The van der Waals surface area contributed by atoms with Crippen molar-refractivity contribution in [3.8, 4) is 0 Å². The zero-order valence-corrected chi connectivity index (χ0v) is 37.8. The highest BCUT2D eigenvalue weighted by Gasteiger charge is 2.51. The third-order valence-electron chi connectivity index (χ3n) is 10.9. The number of aliphatic hydroxyl groups excluding tert-OH is 6. The van der Waals surface area contributed by atoms with Crippen molar-refractivity contribution in [3.05, 3.63) is 24.3 Å². The Morgan fingerprint density at radius 3 is 1.57 bits per heavy atom. The van der Waals surface area contributed by atoms with Crippen molar-refractivity contribution in [1.82, 2.24) is 0 Å². The first-order valence-corrected chi connectivity index (χ1v) is 24.7. The molecule has 1 rings (SSSR count). The predicted molar refractivity (Wildman–Crippen MR) is 232 cm³/mol. The lowest BCUT2D eigenvalue weighted by Gasteiger charge is -2.41. The molecule has 15 heteroatoms. The summed E-state index contributed by atoms with van der Waals surface area (Å²) in [5.74, 6) is -1.14. The second-order valence-corrected chi connectivity index (χ2v) is 17.9. The van der Waals surface area contributed by atoms with Crippen LogP contribution in [0.25, 0.3) is 0 Å². The number of allylic oxidation sites excluding steroid dienone is 3. The van der Waals surface area contributed by atoms with Crippen LogP contribution < -0.4 is 0 Å². The van der Waals surface area contributed by atoms with Crippen LogP contribution in [0.3, 0.4) is 0 Å². The van der Waals surface area contributed by atoms with Crippen molar-refractivity contribution in [2.24, 2.45) is 0 Å². The molecule has 0 spiro atoms. The van der Waals surface area contributed by atoms with E-state index in [0.717, 1.165) is 77.0 Å². The smallest absolute Gasteiger partial charge is 0.462 e. The number of aliphatic hydroxyl groups is 6. The van der Waals surface area contributed by atoms with Crippen LogP contribution >= 0.6 is 7.82 Å². The Balaban J connectivity index is 2.48. The molecule has 7 atom stereocenters. The highest BCUT2D eigenvalue weighted by molar-refractivity contribution is 7.47. The standard InChI is InChI=1S/C45H83O14P/c1-3-5-7-8-9-10-11-12-13-14-15-18-21-24-28-32-38(47)56-34-37(35-57-60(54,55)59-45-43(52)41(50)40(49)42(51)44(45)53)58-39(48)33-29-25-22-19-16-17-20-23-27-31-36(46)30-26-6-4-2/h20,23,27,31,36-37,40-46,49-53H,3-19,21-22,24-26,28-30,32-35H2,1-2H3,(H,54,55)/b23-20-,31-27+. The maximum Gasteiger partial charge on any atom is 0.472 e. The maximum atomic E-state index is 12.8. The second-order valence-electron chi connectivity index (χ2n) is 16.5. The van der Waals surface area contributed by atoms with Gasteiger partial charge in [-0.2, -0.15) is 0 Å². The lowest BCUT2D eigenvalue weighted by molar-refractivity contribution is -0.220. The number of rotatable bonds is 38. The molecule has 1 aliphatic carbocycles. The molecule has 0 radical (unpaired) electrons. The lowest BCUT2D eigenvalue weighted by atomic mass is 9.85. The summed E-state index contributed by atoms with van der Waals surface area (Å²) in [5, 5.41) is 60.1. The largest absolute Gasteiger partial charge is 0.472 e. The normalized spacial score (nSPS) is 22.9. The molecule has 0 aromatic carbocycles. The minimum Gasteiger partial charge on any atom is -0.462 e. The van der Waals surface area contributed by atoms with Crippen molar-refractivity contribution >= 4 is 19.8 Å². The van der Waals surface area contributed by atoms with Gasteiger partial charge in [0.2, 0.25) is 0 Å². The topological polar surface area (TPSA) is 230 Å². The lowest BCUT2D eigenvalue weighted by Crippen LogP contribution is -2.64. The fourth-order valence-electron chi connectivity index (χ4n) is 7.07. The molecule has 1 fully saturated rings. The van der Waals surface area contributed by atoms with Crippen LogP contribution in [0.2, 0.25) is 0 Å². The summed E-state index contributed by atoms with van der Waals surface area (Å²) in [6.07, 6.45) is 21.2. The Labute approximate surface area is 360 Å². The average Bonchev–Trinajstić information content (AvgIpc) is 3.22. The van der Waals surface area contributed by atoms with Crippen LogP contribution in [0.1, 0.15) is 187 Å². The Hall–Kier alpha value is -1.71. The number of esters is 2. The zero-order valence-electron chi connectivity index (χ0n) is 36.9. The van der Waals surface area contributed by atoms with E-state index in [4.69, 9.17) is 18.5 Å². The number of hydrogen-bond acceptors (Lipinski definition) is 13. The van der Waals surface area contributed by atoms with E-state index >= 15 is 0 Å². The Bertz CT molecular complexity index is 1170. The van der Waals surface area contributed by atoms with Crippen LogP contribution in [0, 0.1) is 0 Å². The van der Waals surface area contributed by atoms with Gasteiger partial charge in [0.1, 0.15) is 43.2 Å². The molecule has 0 aliphatic heterocycles. The van der Waals surface area contributed by atoms with E-state index in [1.54, 1.807) is 0 Å². The number of carbonyl (C=O) groups is 2. The van der Waals surface area contributed by atoms with E-state index < -0.39 is 81.8 Å². The van der Waals surface area contributed by atoms with E-state index in [9.17, 15) is 49.7 Å². The highest BCUT2D eigenvalue weighted by Crippen LogP contribution is 2.47. The van der Waals surface area contributed by atoms with Crippen molar-refractivity contribution in [1.29, 1.82) is 0 Å². The molecular weight excluding hydrogens is 795 g/mol. The van der Waals surface area contributed by atoms with Crippen molar-refractivity contribution in [2.45, 2.75) is 236 Å². The monoisotopic (exact) mass is 879 g/mol. The number of ether oxygens (including phenoxy) is 2. The van der Waals surface area contributed by atoms with Gasteiger partial charge in [0, 0.05) is 12.8 Å². The molecule has 352 valence electrons. The summed E-state index contributed by atoms with van der Waals surface area (Å²) in [7, 11) is -5.13. The van der Waals surface area contributed by atoms with Gasteiger partial charge in [0.15, 0.2) is 6.10 Å². The van der Waals surface area contributed by atoms with Gasteiger partial charge in [0.25, 0.3) is 0 Å². The van der Waals surface area contributed by atoms with Crippen molar-refractivity contribution in [3.63, 3.8) is 0 Å². The molecule has 7 unspecified atom stereocenters. The van der Waals surface area contributed by atoms with Gasteiger partial charge >= 0.3 is 19.8 Å². The molecule has 1 aliphatic rings. The van der Waals surface area contributed by atoms with Gasteiger partial charge in [-0.25, -0.2) is 4.57 Å². The van der Waals surface area contributed by atoms with Gasteiger partial charge in [-0.05, 0) is 32.1 Å². The van der Waals surface area contributed by atoms with Crippen LogP contribution in [-0.2, 0) is 32.7 Å². The van der Waals surface area contributed by atoms with Crippen molar-refractivity contribution in [2.75, 3.05) is 13.2 Å². The third kappa shape index (κ3) is 28.1. The summed E-state index contributed by atoms with van der Waals surface area (Å²) in [4.78, 5) is 35.7. The first-order chi connectivity index (χ1) is 28.8. The molecule has 0 aromatic heterocycles. The SMILES string of the molecule is CCCCCCCCCCCCCCCCCC(=O)OCC(COP(=O)(O)OC1C(O)C(O)C(O)C(O)C1O)OC(=O)CCCCCCC/C=C\C=C\C(O)CCCCC. The maximum absolute atomic E-state index is 12.8. The van der Waals surface area contributed by atoms with Gasteiger partial charge < -0.3 is 45.0 Å². The summed E-state index contributed by atoms with van der Waals surface area (Å²) in [6.45, 7) is 3.16. The Kier molecular flexibility index (Phi) is 33.5. The van der Waals surface area contributed by atoms with Gasteiger partial charge in [-0.15, -0.1) is 0 Å². The second kappa shape index (κ2) is 35.7. The van der Waals surface area contributed by atoms with Crippen LogP contribution in [0.5, 0.6) is 0 Å². The van der Waals surface area contributed by atoms with E-state index in [-0.39, 0.29) is 12.8 Å². The minimum atomic E-state index is -5.13. The summed E-state index contributed by atoms with van der Waals surface area (Å²) in [5.41, 5.74) is 0. The molecule has 0 amide bonds. The van der Waals surface area contributed by atoms with Gasteiger partial charge in [-0.1, -0.05) is 167 Å². The fourth-order valence-corrected chi connectivity index (χ4v) is 8.04. The number of phosphoric acid groups is 1. The number of hydrogen-bond donors (Lipinski definition) is 7. The quantitative estimate of drug-likeness (QED) is 0.0136. The molecule has 0 heterocycles. The average molecular weight is 879 g/mol. The Morgan fingerprint density at radius 1 is 0.583 bits per heavy atom. The van der Waals surface area contributed by atoms with Gasteiger partial charge in [0.05, 0.1) is 12.7 Å². The third-order valence-corrected chi connectivity index (χ3v) is 11.9. The predicted octanol–water partition coefficient (Wildman–Crippen LogP) is 7.81. The first-order valence-electron chi connectivity index (χ1n) is 23.2. The first kappa shape index (κ1) is 56.3. The molecular formula is C45H83O14P. The Morgan fingerprint density at radius 2 is 1.03 bits per heavy atom. The van der Waals surface area contributed by atoms with E-state index in [1.165, 1.54) is 70.6 Å². The molecule has 14 nitrogen and oxygen atoms in total. The summed E-state index contributed by atoms with van der Waals surface area (Å²) >= 11 is 0. The fraction of sp³-hybridized carbons (Fsp3) is 0.867. The molecule has 0 bridgehead atoms. The van der Waals surface area contributed by atoms with E-state index in [0.29, 0.717) is 12.8 Å². The van der Waals surface area contributed by atoms with E-state index in [2.05, 4.69) is 19.9 Å². The number of carbonyl (C=O) groups excluding carboxylic acids is 2.